The van der Waals surface area contributed by atoms with Crippen LogP contribution in [0.5, 0.6) is 5.75 Å². The van der Waals surface area contributed by atoms with Crippen LogP contribution in [-0.2, 0) is 10.0 Å². The zero-order valence-electron chi connectivity index (χ0n) is 15.7. The van der Waals surface area contributed by atoms with Crippen molar-refractivity contribution in [1.29, 1.82) is 0 Å². The highest BCUT2D eigenvalue weighted by Crippen LogP contribution is 2.26. The summed E-state index contributed by atoms with van der Waals surface area (Å²) in [6, 6.07) is 11.0. The van der Waals surface area contributed by atoms with Gasteiger partial charge in [-0.15, -0.1) is 0 Å². The van der Waals surface area contributed by atoms with Crippen LogP contribution in [0.4, 0.5) is 5.69 Å². The maximum Gasteiger partial charge on any atom is 0.255 e. The van der Waals surface area contributed by atoms with Gasteiger partial charge in [-0.1, -0.05) is 24.4 Å². The van der Waals surface area contributed by atoms with Gasteiger partial charge in [0, 0.05) is 24.3 Å². The maximum atomic E-state index is 12.8. The van der Waals surface area contributed by atoms with Gasteiger partial charge < -0.3 is 10.1 Å². The normalized spacial score (nSPS) is 15.6. The summed E-state index contributed by atoms with van der Waals surface area (Å²) in [6.07, 6.45) is 3.90. The molecule has 150 valence electrons. The van der Waals surface area contributed by atoms with E-state index in [1.807, 2.05) is 0 Å². The molecule has 2 aromatic rings. The molecule has 1 N–H and O–H groups in total. The summed E-state index contributed by atoms with van der Waals surface area (Å²) in [6.45, 7) is 1.11. The van der Waals surface area contributed by atoms with E-state index in [2.05, 4.69) is 5.32 Å². The Morgan fingerprint density at radius 3 is 2.25 bits per heavy atom. The average Bonchev–Trinajstić information content (AvgIpc) is 2.98. The van der Waals surface area contributed by atoms with E-state index in [9.17, 15) is 13.2 Å². The van der Waals surface area contributed by atoms with Crippen LogP contribution >= 0.6 is 11.6 Å². The molecule has 0 atom stereocenters. The van der Waals surface area contributed by atoms with Crippen LogP contribution in [0.2, 0.25) is 5.02 Å². The molecule has 28 heavy (non-hydrogen) atoms. The number of benzene rings is 2. The largest absolute Gasteiger partial charge is 0.495 e. The summed E-state index contributed by atoms with van der Waals surface area (Å²) in [4.78, 5) is 12.6. The Bertz CT molecular complexity index is 937. The highest BCUT2D eigenvalue weighted by atomic mass is 35.5. The fourth-order valence-electron chi connectivity index (χ4n) is 3.15. The first-order valence-electron chi connectivity index (χ1n) is 9.17. The number of ether oxygens (including phenoxy) is 1. The third-order valence-electron chi connectivity index (χ3n) is 4.73. The van der Waals surface area contributed by atoms with Gasteiger partial charge in [0.2, 0.25) is 10.0 Å². The van der Waals surface area contributed by atoms with Crippen LogP contribution in [0, 0.1) is 0 Å². The van der Waals surface area contributed by atoms with E-state index in [1.165, 1.54) is 25.3 Å². The fourth-order valence-corrected chi connectivity index (χ4v) is 4.93. The van der Waals surface area contributed by atoms with E-state index in [0.717, 1.165) is 25.7 Å². The Balaban J connectivity index is 1.71. The minimum Gasteiger partial charge on any atom is -0.495 e. The molecular formula is C20H23ClN2O4S. The van der Waals surface area contributed by atoms with E-state index in [4.69, 9.17) is 16.3 Å². The predicted octanol–water partition coefficient (Wildman–Crippen LogP) is 4.17. The number of carbonyl (C=O) groups excluding carboxylic acids is 1. The number of sulfonamides is 1. The summed E-state index contributed by atoms with van der Waals surface area (Å²) in [5, 5.41) is 3.09. The van der Waals surface area contributed by atoms with Crippen molar-refractivity contribution in [3.63, 3.8) is 0 Å². The van der Waals surface area contributed by atoms with E-state index in [-0.39, 0.29) is 10.8 Å². The Hall–Kier alpha value is -2.09. The van der Waals surface area contributed by atoms with E-state index in [0.29, 0.717) is 35.1 Å². The number of hydrogen-bond donors (Lipinski definition) is 1. The van der Waals surface area contributed by atoms with Gasteiger partial charge in [-0.3, -0.25) is 4.79 Å². The molecule has 0 aromatic heterocycles. The smallest absolute Gasteiger partial charge is 0.255 e. The zero-order valence-corrected chi connectivity index (χ0v) is 17.2. The molecule has 0 bridgehead atoms. The van der Waals surface area contributed by atoms with Crippen LogP contribution < -0.4 is 10.1 Å². The van der Waals surface area contributed by atoms with Crippen LogP contribution in [0.3, 0.4) is 0 Å². The molecule has 0 unspecified atom stereocenters. The second-order valence-corrected chi connectivity index (χ2v) is 8.99. The van der Waals surface area contributed by atoms with Crippen molar-refractivity contribution in [2.45, 2.75) is 30.6 Å². The first-order chi connectivity index (χ1) is 13.4. The Morgan fingerprint density at radius 1 is 1.04 bits per heavy atom. The molecule has 2 aromatic carbocycles. The lowest BCUT2D eigenvalue weighted by molar-refractivity contribution is 0.102. The van der Waals surface area contributed by atoms with Crippen LogP contribution in [-0.4, -0.2) is 38.8 Å². The quantitative estimate of drug-likeness (QED) is 0.784. The monoisotopic (exact) mass is 422 g/mol. The second-order valence-electron chi connectivity index (χ2n) is 6.65. The van der Waals surface area contributed by atoms with E-state index >= 15 is 0 Å². The summed E-state index contributed by atoms with van der Waals surface area (Å²) in [5.74, 6) is 0.147. The number of anilines is 1. The standard InChI is InChI=1S/C20H23ClN2O4S/c1-27-19-11-6-15(14-18(19)21)20(24)22-16-7-9-17(10-8-16)28(25,26)23-12-4-2-3-5-13-23/h6-11,14H,2-5,12-13H2,1H3,(H,22,24). The molecular weight excluding hydrogens is 400 g/mol. The van der Waals surface area contributed by atoms with Gasteiger partial charge in [0.1, 0.15) is 5.75 Å². The van der Waals surface area contributed by atoms with Crippen LogP contribution in [0.15, 0.2) is 47.4 Å². The Kier molecular flexibility index (Phi) is 6.59. The molecule has 0 spiro atoms. The van der Waals surface area contributed by atoms with Crippen molar-refractivity contribution in [3.05, 3.63) is 53.1 Å². The Morgan fingerprint density at radius 2 is 1.68 bits per heavy atom. The fraction of sp³-hybridized carbons (Fsp3) is 0.350. The molecule has 8 heteroatoms. The molecule has 0 saturated carbocycles. The lowest BCUT2D eigenvalue weighted by Crippen LogP contribution is -2.31. The highest BCUT2D eigenvalue weighted by Gasteiger charge is 2.25. The van der Waals surface area contributed by atoms with Gasteiger partial charge in [0.15, 0.2) is 0 Å². The third kappa shape index (κ3) is 4.66. The molecule has 0 radical (unpaired) electrons. The van der Waals surface area contributed by atoms with Gasteiger partial charge in [-0.05, 0) is 55.3 Å². The zero-order chi connectivity index (χ0) is 20.1. The molecule has 1 fully saturated rings. The summed E-state index contributed by atoms with van der Waals surface area (Å²) >= 11 is 6.06. The van der Waals surface area contributed by atoms with Crippen molar-refractivity contribution in [1.82, 2.24) is 4.31 Å². The van der Waals surface area contributed by atoms with Gasteiger partial charge in [-0.2, -0.15) is 4.31 Å². The number of halogens is 1. The first-order valence-corrected chi connectivity index (χ1v) is 11.0. The highest BCUT2D eigenvalue weighted by molar-refractivity contribution is 7.89. The SMILES string of the molecule is COc1ccc(C(=O)Nc2ccc(S(=O)(=O)N3CCCCCC3)cc2)cc1Cl. The number of amides is 1. The summed E-state index contributed by atoms with van der Waals surface area (Å²) in [5.41, 5.74) is 0.888. The van der Waals surface area contributed by atoms with Crippen LogP contribution in [0.1, 0.15) is 36.0 Å². The second kappa shape index (κ2) is 8.94. The maximum absolute atomic E-state index is 12.8. The van der Waals surface area contributed by atoms with Gasteiger partial charge in [0.25, 0.3) is 5.91 Å². The minimum absolute atomic E-state index is 0.236. The van der Waals surface area contributed by atoms with Gasteiger partial charge in [-0.25, -0.2) is 8.42 Å². The average molecular weight is 423 g/mol. The molecule has 1 saturated heterocycles. The third-order valence-corrected chi connectivity index (χ3v) is 6.94. The van der Waals surface area contributed by atoms with Gasteiger partial charge in [0.05, 0.1) is 17.0 Å². The Labute approximate surface area is 170 Å². The van der Waals surface area contributed by atoms with Crippen molar-refractivity contribution < 1.29 is 17.9 Å². The number of hydrogen-bond acceptors (Lipinski definition) is 4. The molecule has 1 heterocycles. The minimum atomic E-state index is -3.51. The van der Waals surface area contributed by atoms with Crippen molar-refractivity contribution in [2.24, 2.45) is 0 Å². The summed E-state index contributed by atoms with van der Waals surface area (Å²) in [7, 11) is -2.00. The molecule has 1 aliphatic rings. The molecule has 0 aliphatic carbocycles. The van der Waals surface area contributed by atoms with Crippen molar-refractivity contribution in [3.8, 4) is 5.75 Å². The van der Waals surface area contributed by atoms with E-state index in [1.54, 1.807) is 28.6 Å². The topological polar surface area (TPSA) is 75.7 Å². The molecule has 6 nitrogen and oxygen atoms in total. The number of carbonyl (C=O) groups is 1. The molecule has 3 rings (SSSR count). The van der Waals surface area contributed by atoms with Crippen LogP contribution in [0.25, 0.3) is 0 Å². The molecule has 1 aliphatic heterocycles. The predicted molar refractivity (Wildman–Crippen MR) is 110 cm³/mol. The molecule has 1 amide bonds. The summed E-state index contributed by atoms with van der Waals surface area (Å²) < 4.78 is 32.2. The van der Waals surface area contributed by atoms with Gasteiger partial charge >= 0.3 is 0 Å². The number of methoxy groups -OCH3 is 1. The van der Waals surface area contributed by atoms with E-state index < -0.39 is 10.0 Å². The lowest BCUT2D eigenvalue weighted by Gasteiger charge is -2.20. The number of rotatable bonds is 5. The number of nitrogens with one attached hydrogen (secondary N) is 1. The van der Waals surface area contributed by atoms with Crippen molar-refractivity contribution >= 4 is 33.2 Å². The first kappa shape index (κ1) is 20.6. The number of nitrogens with zero attached hydrogens (tertiary/aromatic N) is 1. The lowest BCUT2D eigenvalue weighted by atomic mass is 10.2. The van der Waals surface area contributed by atoms with Crippen molar-refractivity contribution in [2.75, 3.05) is 25.5 Å².